The molecule has 1 atom stereocenters. The van der Waals surface area contributed by atoms with Gasteiger partial charge in [-0.15, -0.1) is 0 Å². The molecular formula is C13H19N3O. The smallest absolute Gasteiger partial charge is 0.282 e. The molecule has 92 valence electrons. The van der Waals surface area contributed by atoms with Crippen molar-refractivity contribution >= 4 is 6.02 Å². The topological polar surface area (TPSA) is 50.9 Å². The van der Waals surface area contributed by atoms with Gasteiger partial charge in [-0.1, -0.05) is 37.3 Å². The van der Waals surface area contributed by atoms with Crippen LogP contribution in [0.2, 0.25) is 0 Å². The van der Waals surface area contributed by atoms with Crippen LogP contribution in [0.1, 0.15) is 12.5 Å². The van der Waals surface area contributed by atoms with Gasteiger partial charge in [-0.3, -0.25) is 4.90 Å². The summed E-state index contributed by atoms with van der Waals surface area (Å²) >= 11 is 0. The van der Waals surface area contributed by atoms with E-state index >= 15 is 0 Å². The molecule has 4 nitrogen and oxygen atoms in total. The van der Waals surface area contributed by atoms with Crippen LogP contribution in [0.3, 0.4) is 0 Å². The second kappa shape index (κ2) is 5.68. The van der Waals surface area contributed by atoms with E-state index in [0.717, 1.165) is 19.6 Å². The van der Waals surface area contributed by atoms with Crippen LogP contribution >= 0.6 is 0 Å². The van der Waals surface area contributed by atoms with E-state index < -0.39 is 0 Å². The van der Waals surface area contributed by atoms with Crippen LogP contribution in [0, 0.1) is 0 Å². The first-order valence-corrected chi connectivity index (χ1v) is 6.00. The van der Waals surface area contributed by atoms with Crippen LogP contribution in [0.15, 0.2) is 35.3 Å². The van der Waals surface area contributed by atoms with E-state index in [1.54, 1.807) is 0 Å². The Hall–Kier alpha value is -1.55. The molecule has 0 bridgehead atoms. The summed E-state index contributed by atoms with van der Waals surface area (Å²) < 4.78 is 5.16. The predicted octanol–water partition coefficient (Wildman–Crippen LogP) is 1.22. The number of hydrogen-bond donors (Lipinski definition) is 1. The zero-order chi connectivity index (χ0) is 12.1. The highest BCUT2D eigenvalue weighted by molar-refractivity contribution is 5.73. The first-order chi connectivity index (χ1) is 8.28. The van der Waals surface area contributed by atoms with Gasteiger partial charge in [-0.25, -0.2) is 4.99 Å². The molecule has 0 saturated heterocycles. The van der Waals surface area contributed by atoms with Crippen molar-refractivity contribution in [3.8, 4) is 0 Å². The van der Waals surface area contributed by atoms with E-state index in [2.05, 4.69) is 41.1 Å². The predicted molar refractivity (Wildman–Crippen MR) is 68.8 cm³/mol. The third kappa shape index (κ3) is 3.46. The van der Waals surface area contributed by atoms with Crippen LogP contribution in [-0.2, 0) is 11.3 Å². The van der Waals surface area contributed by atoms with Crippen molar-refractivity contribution in [2.45, 2.75) is 19.5 Å². The Morgan fingerprint density at radius 3 is 2.76 bits per heavy atom. The number of ether oxygens (including phenoxy) is 1. The maximum absolute atomic E-state index is 5.50. The molecule has 2 N–H and O–H groups in total. The van der Waals surface area contributed by atoms with Crippen LogP contribution in [-0.4, -0.2) is 36.7 Å². The van der Waals surface area contributed by atoms with Gasteiger partial charge in [0.25, 0.3) is 6.02 Å². The highest BCUT2D eigenvalue weighted by atomic mass is 16.5. The Balaban J connectivity index is 1.89. The first kappa shape index (κ1) is 11.9. The van der Waals surface area contributed by atoms with Crippen LogP contribution in [0.5, 0.6) is 0 Å². The summed E-state index contributed by atoms with van der Waals surface area (Å²) in [6, 6.07) is 11.0. The molecule has 0 amide bonds. The number of benzene rings is 1. The molecule has 1 aromatic rings. The number of rotatable bonds is 5. The molecule has 0 radical (unpaired) electrons. The lowest BCUT2D eigenvalue weighted by atomic mass is 10.2. The molecule has 1 aromatic carbocycles. The molecule has 0 spiro atoms. The molecular weight excluding hydrogens is 214 g/mol. The van der Waals surface area contributed by atoms with Gasteiger partial charge in [-0.2, -0.15) is 0 Å². The molecule has 0 aliphatic carbocycles. The molecule has 1 aliphatic heterocycles. The maximum Gasteiger partial charge on any atom is 0.282 e. The van der Waals surface area contributed by atoms with Crippen molar-refractivity contribution in [2.75, 3.05) is 19.7 Å². The van der Waals surface area contributed by atoms with Crippen LogP contribution < -0.4 is 5.73 Å². The van der Waals surface area contributed by atoms with Gasteiger partial charge in [0.2, 0.25) is 0 Å². The summed E-state index contributed by atoms with van der Waals surface area (Å²) in [5.41, 5.74) is 6.83. The summed E-state index contributed by atoms with van der Waals surface area (Å²) in [5, 5.41) is 0. The third-order valence-electron chi connectivity index (χ3n) is 2.90. The minimum atomic E-state index is 0.179. The van der Waals surface area contributed by atoms with E-state index in [1.165, 1.54) is 5.56 Å². The standard InChI is InChI=1S/C13H19N3O/c1-2-16(8-11-6-4-3-5-7-11)9-12-10-17-13(14)15-12/h3-7,12H,2,8-10H2,1H3,(H2,14,15). The van der Waals surface area contributed by atoms with Crippen molar-refractivity contribution in [3.05, 3.63) is 35.9 Å². The molecule has 0 aromatic heterocycles. The maximum atomic E-state index is 5.50. The van der Waals surface area contributed by atoms with Crippen LogP contribution in [0.4, 0.5) is 0 Å². The van der Waals surface area contributed by atoms with Crippen molar-refractivity contribution < 1.29 is 4.74 Å². The Morgan fingerprint density at radius 2 is 2.18 bits per heavy atom. The number of nitrogens with zero attached hydrogens (tertiary/aromatic N) is 2. The number of hydrogen-bond acceptors (Lipinski definition) is 4. The quantitative estimate of drug-likeness (QED) is 0.832. The zero-order valence-electron chi connectivity index (χ0n) is 10.2. The van der Waals surface area contributed by atoms with E-state index in [4.69, 9.17) is 10.5 Å². The van der Waals surface area contributed by atoms with Crippen LogP contribution in [0.25, 0.3) is 0 Å². The normalized spacial score (nSPS) is 19.2. The summed E-state index contributed by atoms with van der Waals surface area (Å²) in [7, 11) is 0. The Labute approximate surface area is 102 Å². The van der Waals surface area contributed by atoms with Gasteiger partial charge >= 0.3 is 0 Å². The number of amidine groups is 1. The van der Waals surface area contributed by atoms with Gasteiger partial charge in [0.15, 0.2) is 0 Å². The molecule has 4 heteroatoms. The fourth-order valence-corrected chi connectivity index (χ4v) is 1.97. The second-order valence-corrected chi connectivity index (χ2v) is 4.25. The molecule has 0 fully saturated rings. The minimum Gasteiger partial charge on any atom is -0.463 e. The van der Waals surface area contributed by atoms with E-state index in [-0.39, 0.29) is 6.04 Å². The second-order valence-electron chi connectivity index (χ2n) is 4.25. The fourth-order valence-electron chi connectivity index (χ4n) is 1.97. The molecule has 2 rings (SSSR count). The first-order valence-electron chi connectivity index (χ1n) is 6.00. The summed E-state index contributed by atoms with van der Waals surface area (Å²) in [6.45, 7) is 5.61. The Bertz CT molecular complexity index is 378. The van der Waals surface area contributed by atoms with Crippen molar-refractivity contribution in [1.29, 1.82) is 0 Å². The number of nitrogens with two attached hydrogens (primary N) is 1. The largest absolute Gasteiger partial charge is 0.463 e. The highest BCUT2D eigenvalue weighted by Gasteiger charge is 2.19. The van der Waals surface area contributed by atoms with Gasteiger partial charge in [0.05, 0.1) is 0 Å². The number of aliphatic imine (C=N–C) groups is 1. The summed E-state index contributed by atoms with van der Waals surface area (Å²) in [5.74, 6) is 0. The lowest BCUT2D eigenvalue weighted by molar-refractivity contribution is 0.231. The monoisotopic (exact) mass is 233 g/mol. The third-order valence-corrected chi connectivity index (χ3v) is 2.90. The Morgan fingerprint density at radius 1 is 1.41 bits per heavy atom. The average molecular weight is 233 g/mol. The molecule has 1 heterocycles. The Kier molecular flexibility index (Phi) is 3.98. The van der Waals surface area contributed by atoms with Gasteiger partial charge in [0, 0.05) is 13.1 Å². The van der Waals surface area contributed by atoms with Crippen molar-refractivity contribution in [2.24, 2.45) is 10.7 Å². The average Bonchev–Trinajstić information content (AvgIpc) is 2.75. The lowest BCUT2D eigenvalue weighted by Gasteiger charge is -2.22. The molecule has 1 aliphatic rings. The van der Waals surface area contributed by atoms with E-state index in [0.29, 0.717) is 12.6 Å². The number of likely N-dealkylation sites (N-methyl/N-ethyl adjacent to an activating group) is 1. The van der Waals surface area contributed by atoms with Gasteiger partial charge in [0.1, 0.15) is 12.6 Å². The summed E-state index contributed by atoms with van der Waals surface area (Å²) in [4.78, 5) is 6.60. The zero-order valence-corrected chi connectivity index (χ0v) is 10.2. The molecule has 1 unspecified atom stereocenters. The summed E-state index contributed by atoms with van der Waals surface area (Å²) in [6.07, 6.45) is 0. The fraction of sp³-hybridized carbons (Fsp3) is 0.462. The van der Waals surface area contributed by atoms with Gasteiger partial charge < -0.3 is 10.5 Å². The van der Waals surface area contributed by atoms with E-state index in [1.807, 2.05) is 6.07 Å². The SMILES string of the molecule is CCN(Cc1ccccc1)CC1COC(N)=N1. The minimum absolute atomic E-state index is 0.179. The molecule has 0 saturated carbocycles. The lowest BCUT2D eigenvalue weighted by Crippen LogP contribution is -2.31. The highest BCUT2D eigenvalue weighted by Crippen LogP contribution is 2.08. The van der Waals surface area contributed by atoms with Gasteiger partial charge in [-0.05, 0) is 12.1 Å². The molecule has 17 heavy (non-hydrogen) atoms. The van der Waals surface area contributed by atoms with Crippen molar-refractivity contribution in [3.63, 3.8) is 0 Å². The van der Waals surface area contributed by atoms with E-state index in [9.17, 15) is 0 Å². The van der Waals surface area contributed by atoms with Crippen molar-refractivity contribution in [1.82, 2.24) is 4.90 Å².